The predicted molar refractivity (Wildman–Crippen MR) is 92.9 cm³/mol. The van der Waals surface area contributed by atoms with Gasteiger partial charge in [-0.05, 0) is 67.5 Å². The lowest BCUT2D eigenvalue weighted by Gasteiger charge is -2.17. The molecule has 21 heavy (non-hydrogen) atoms. The van der Waals surface area contributed by atoms with Crippen LogP contribution in [0, 0.1) is 19.8 Å². The molecule has 0 aliphatic carbocycles. The zero-order valence-corrected chi connectivity index (χ0v) is 13.9. The van der Waals surface area contributed by atoms with Crippen molar-refractivity contribution in [2.75, 3.05) is 5.32 Å². The Hall–Kier alpha value is -1.76. The van der Waals surface area contributed by atoms with Gasteiger partial charge in [0.25, 0.3) is 0 Å². The Labute approximate surface area is 129 Å². The number of hydrogen-bond acceptors (Lipinski definition) is 1. The fourth-order valence-corrected chi connectivity index (χ4v) is 2.58. The Morgan fingerprint density at radius 1 is 0.857 bits per heavy atom. The highest BCUT2D eigenvalue weighted by Gasteiger charge is 2.06. The molecule has 0 amide bonds. The molecule has 1 atom stereocenters. The minimum absolute atomic E-state index is 0.320. The maximum Gasteiger partial charge on any atom is 0.0485 e. The van der Waals surface area contributed by atoms with Crippen molar-refractivity contribution in [2.45, 2.75) is 47.1 Å². The van der Waals surface area contributed by atoms with E-state index in [0.717, 1.165) is 6.42 Å². The second-order valence-corrected chi connectivity index (χ2v) is 6.50. The smallest absolute Gasteiger partial charge is 0.0485 e. The van der Waals surface area contributed by atoms with Gasteiger partial charge in [0.2, 0.25) is 0 Å². The molecule has 0 aromatic heterocycles. The lowest BCUT2D eigenvalue weighted by atomic mass is 9.99. The molecule has 2 aromatic carbocycles. The number of benzene rings is 2. The van der Waals surface area contributed by atoms with Crippen molar-refractivity contribution in [1.29, 1.82) is 0 Å². The van der Waals surface area contributed by atoms with E-state index in [1.165, 1.54) is 27.9 Å². The highest BCUT2D eigenvalue weighted by Crippen LogP contribution is 2.22. The molecule has 0 heterocycles. The first-order valence-electron chi connectivity index (χ1n) is 7.88. The first-order valence-corrected chi connectivity index (χ1v) is 7.88. The molecule has 112 valence electrons. The number of anilines is 1. The average Bonchev–Trinajstić information content (AvgIpc) is 2.43. The first kappa shape index (κ1) is 15.6. The predicted octanol–water partition coefficient (Wildman–Crippen LogP) is 5.68. The molecular formula is C20H27N. The summed E-state index contributed by atoms with van der Waals surface area (Å²) in [5.74, 6) is 0.710. The van der Waals surface area contributed by atoms with Crippen molar-refractivity contribution < 1.29 is 0 Å². The molecule has 0 saturated heterocycles. The number of aryl methyl sites for hydroxylation is 2. The largest absolute Gasteiger partial charge is 0.379 e. The molecular weight excluding hydrogens is 254 g/mol. The summed E-state index contributed by atoms with van der Waals surface area (Å²) in [5, 5.41) is 3.59. The van der Waals surface area contributed by atoms with Crippen molar-refractivity contribution in [2.24, 2.45) is 5.92 Å². The van der Waals surface area contributed by atoms with Crippen LogP contribution in [-0.4, -0.2) is 0 Å². The van der Waals surface area contributed by atoms with Crippen LogP contribution in [0.5, 0.6) is 0 Å². The monoisotopic (exact) mass is 281 g/mol. The van der Waals surface area contributed by atoms with Crippen LogP contribution in [0.3, 0.4) is 0 Å². The highest BCUT2D eigenvalue weighted by molar-refractivity contribution is 5.49. The summed E-state index contributed by atoms with van der Waals surface area (Å²) < 4.78 is 0. The Balaban J connectivity index is 2.05. The van der Waals surface area contributed by atoms with Crippen LogP contribution >= 0.6 is 0 Å². The Morgan fingerprint density at radius 2 is 1.52 bits per heavy atom. The second kappa shape index (κ2) is 6.80. The third-order valence-electron chi connectivity index (χ3n) is 4.01. The van der Waals surface area contributed by atoms with Crippen molar-refractivity contribution >= 4 is 5.69 Å². The molecule has 1 nitrogen and oxygen atoms in total. The summed E-state index contributed by atoms with van der Waals surface area (Å²) in [6.07, 6.45) is 1.15. The standard InChI is InChI=1S/C20H27N/c1-14(2)12-18-7-9-19(10-8-18)17(5)21-20-11-6-15(3)16(4)13-20/h6-11,13-14,17,21H,12H2,1-5H3. The molecule has 2 aromatic rings. The summed E-state index contributed by atoms with van der Waals surface area (Å²) in [6, 6.07) is 15.9. The zero-order valence-electron chi connectivity index (χ0n) is 13.9. The maximum atomic E-state index is 3.59. The van der Waals surface area contributed by atoms with Gasteiger partial charge in [0.1, 0.15) is 0 Å². The highest BCUT2D eigenvalue weighted by atomic mass is 14.9. The fourth-order valence-electron chi connectivity index (χ4n) is 2.58. The van der Waals surface area contributed by atoms with Crippen LogP contribution < -0.4 is 5.32 Å². The normalized spacial score (nSPS) is 12.5. The van der Waals surface area contributed by atoms with Gasteiger partial charge in [0.05, 0.1) is 0 Å². The maximum absolute atomic E-state index is 3.59. The molecule has 0 bridgehead atoms. The summed E-state index contributed by atoms with van der Waals surface area (Å²) in [7, 11) is 0. The van der Waals surface area contributed by atoms with Crippen LogP contribution in [0.2, 0.25) is 0 Å². The van der Waals surface area contributed by atoms with E-state index >= 15 is 0 Å². The summed E-state index contributed by atoms with van der Waals surface area (Å²) in [5.41, 5.74) is 6.62. The SMILES string of the molecule is Cc1ccc(NC(C)c2ccc(CC(C)C)cc2)cc1C. The van der Waals surface area contributed by atoms with Crippen molar-refractivity contribution in [1.82, 2.24) is 0 Å². The number of nitrogens with one attached hydrogen (secondary N) is 1. The molecule has 0 aliphatic rings. The van der Waals surface area contributed by atoms with Crippen LogP contribution in [0.25, 0.3) is 0 Å². The summed E-state index contributed by atoms with van der Waals surface area (Å²) >= 11 is 0. The van der Waals surface area contributed by atoms with Crippen LogP contribution in [-0.2, 0) is 6.42 Å². The van der Waals surface area contributed by atoms with E-state index in [9.17, 15) is 0 Å². The molecule has 1 N–H and O–H groups in total. The molecule has 1 heteroatoms. The van der Waals surface area contributed by atoms with Gasteiger partial charge in [0.15, 0.2) is 0 Å². The fraction of sp³-hybridized carbons (Fsp3) is 0.400. The van der Waals surface area contributed by atoms with Gasteiger partial charge in [-0.1, -0.05) is 44.2 Å². The summed E-state index contributed by atoms with van der Waals surface area (Å²) in [6.45, 7) is 11.0. The Morgan fingerprint density at radius 3 is 2.10 bits per heavy atom. The van der Waals surface area contributed by atoms with Gasteiger partial charge < -0.3 is 5.32 Å². The Bertz CT molecular complexity index is 581. The zero-order chi connectivity index (χ0) is 15.4. The lowest BCUT2D eigenvalue weighted by Crippen LogP contribution is -2.07. The molecule has 0 spiro atoms. The van der Waals surface area contributed by atoms with E-state index in [1.54, 1.807) is 0 Å². The number of hydrogen-bond donors (Lipinski definition) is 1. The topological polar surface area (TPSA) is 12.0 Å². The molecule has 0 fully saturated rings. The van der Waals surface area contributed by atoms with Gasteiger partial charge >= 0.3 is 0 Å². The molecule has 2 rings (SSSR count). The van der Waals surface area contributed by atoms with E-state index in [2.05, 4.69) is 82.4 Å². The van der Waals surface area contributed by atoms with E-state index < -0.39 is 0 Å². The van der Waals surface area contributed by atoms with Crippen LogP contribution in [0.15, 0.2) is 42.5 Å². The quantitative estimate of drug-likeness (QED) is 0.744. The van der Waals surface area contributed by atoms with E-state index in [1.807, 2.05) is 0 Å². The van der Waals surface area contributed by atoms with Crippen molar-refractivity contribution in [3.8, 4) is 0 Å². The van der Waals surface area contributed by atoms with Gasteiger partial charge in [-0.25, -0.2) is 0 Å². The minimum atomic E-state index is 0.320. The van der Waals surface area contributed by atoms with E-state index in [4.69, 9.17) is 0 Å². The van der Waals surface area contributed by atoms with Gasteiger partial charge in [0, 0.05) is 11.7 Å². The van der Waals surface area contributed by atoms with Crippen molar-refractivity contribution in [3.63, 3.8) is 0 Å². The third kappa shape index (κ3) is 4.35. The summed E-state index contributed by atoms with van der Waals surface area (Å²) in [4.78, 5) is 0. The Kier molecular flexibility index (Phi) is 5.06. The number of rotatable bonds is 5. The second-order valence-electron chi connectivity index (χ2n) is 6.50. The van der Waals surface area contributed by atoms with Gasteiger partial charge in [-0.3, -0.25) is 0 Å². The molecule has 0 radical (unpaired) electrons. The molecule has 1 unspecified atom stereocenters. The minimum Gasteiger partial charge on any atom is -0.379 e. The molecule has 0 saturated carbocycles. The van der Waals surface area contributed by atoms with Gasteiger partial charge in [-0.2, -0.15) is 0 Å². The van der Waals surface area contributed by atoms with Gasteiger partial charge in [-0.15, -0.1) is 0 Å². The van der Waals surface area contributed by atoms with Crippen molar-refractivity contribution in [3.05, 3.63) is 64.7 Å². The lowest BCUT2D eigenvalue weighted by molar-refractivity contribution is 0.647. The van der Waals surface area contributed by atoms with E-state index in [-0.39, 0.29) is 0 Å². The third-order valence-corrected chi connectivity index (χ3v) is 4.01. The van der Waals surface area contributed by atoms with Crippen LogP contribution in [0.4, 0.5) is 5.69 Å². The first-order chi connectivity index (χ1) is 9.95. The van der Waals surface area contributed by atoms with E-state index in [0.29, 0.717) is 12.0 Å². The average molecular weight is 281 g/mol. The molecule has 0 aliphatic heterocycles. The van der Waals surface area contributed by atoms with Crippen LogP contribution in [0.1, 0.15) is 49.1 Å².